The summed E-state index contributed by atoms with van der Waals surface area (Å²) in [6.07, 6.45) is 1.56. The first-order valence-corrected chi connectivity index (χ1v) is 8.11. The van der Waals surface area contributed by atoms with Crippen molar-refractivity contribution in [3.05, 3.63) is 22.7 Å². The topological polar surface area (TPSA) is 96.4 Å². The SMILES string of the molecule is CC(C)OC[C@@H](CO[P+](=O)C(C)C)n1ccc(N)nc1=O. The van der Waals surface area contributed by atoms with Gasteiger partial charge in [0.15, 0.2) is 5.66 Å². The summed E-state index contributed by atoms with van der Waals surface area (Å²) < 4.78 is 24.0. The molecule has 0 radical (unpaired) electrons. The van der Waals surface area contributed by atoms with Gasteiger partial charge in [-0.1, -0.05) is 0 Å². The molecule has 0 aromatic carbocycles. The van der Waals surface area contributed by atoms with Gasteiger partial charge in [-0.25, -0.2) is 4.79 Å². The van der Waals surface area contributed by atoms with Crippen LogP contribution in [-0.2, 0) is 13.8 Å². The molecule has 1 aromatic rings. The van der Waals surface area contributed by atoms with Crippen LogP contribution >= 0.6 is 8.03 Å². The number of anilines is 1. The number of nitrogens with two attached hydrogens (primary N) is 1. The molecule has 1 aromatic heterocycles. The lowest BCUT2D eigenvalue weighted by Gasteiger charge is -2.18. The van der Waals surface area contributed by atoms with E-state index in [1.165, 1.54) is 10.6 Å². The standard InChI is InChI=1S/C13H22N3O4P/c1-9(2)19-7-11(8-20-21(18)10(3)4)16-6-5-12(14)15-13(16)17/h5-6,9-11H,7-8H2,1-4H3,(H-,14,15,17)/p+1/t11-/m0/s1. The van der Waals surface area contributed by atoms with Crippen LogP contribution in [0.15, 0.2) is 17.1 Å². The van der Waals surface area contributed by atoms with Gasteiger partial charge in [-0.3, -0.25) is 4.57 Å². The van der Waals surface area contributed by atoms with Crippen molar-refractivity contribution >= 4 is 13.8 Å². The zero-order chi connectivity index (χ0) is 16.0. The molecule has 0 aliphatic carbocycles. The smallest absolute Gasteiger partial charge is 0.383 e. The molecule has 0 bridgehead atoms. The van der Waals surface area contributed by atoms with Crippen molar-refractivity contribution in [2.75, 3.05) is 18.9 Å². The highest BCUT2D eigenvalue weighted by atomic mass is 31.1. The molecule has 2 atom stereocenters. The summed E-state index contributed by atoms with van der Waals surface area (Å²) in [4.78, 5) is 15.6. The Morgan fingerprint density at radius 1 is 1.33 bits per heavy atom. The lowest BCUT2D eigenvalue weighted by Crippen LogP contribution is -2.32. The van der Waals surface area contributed by atoms with Gasteiger partial charge in [0.1, 0.15) is 12.4 Å². The highest BCUT2D eigenvalue weighted by Crippen LogP contribution is 2.29. The van der Waals surface area contributed by atoms with E-state index in [-0.39, 0.29) is 30.8 Å². The minimum atomic E-state index is -1.77. The van der Waals surface area contributed by atoms with Gasteiger partial charge in [0.2, 0.25) is 0 Å². The van der Waals surface area contributed by atoms with Crippen molar-refractivity contribution in [1.29, 1.82) is 0 Å². The van der Waals surface area contributed by atoms with Crippen LogP contribution in [0, 0.1) is 0 Å². The van der Waals surface area contributed by atoms with E-state index in [4.69, 9.17) is 15.0 Å². The van der Waals surface area contributed by atoms with Gasteiger partial charge < -0.3 is 10.5 Å². The van der Waals surface area contributed by atoms with Gasteiger partial charge in [-0.15, -0.1) is 4.52 Å². The molecule has 118 valence electrons. The number of hydrogen-bond donors (Lipinski definition) is 1. The second-order valence-corrected chi connectivity index (χ2v) is 7.11. The summed E-state index contributed by atoms with van der Waals surface area (Å²) in [5, 5.41) is 0. The summed E-state index contributed by atoms with van der Waals surface area (Å²) >= 11 is 0. The number of hydrogen-bond acceptors (Lipinski definition) is 6. The molecule has 1 rings (SSSR count). The first-order valence-electron chi connectivity index (χ1n) is 6.86. The quantitative estimate of drug-likeness (QED) is 0.736. The fraction of sp³-hybridized carbons (Fsp3) is 0.692. The Morgan fingerprint density at radius 2 is 2.00 bits per heavy atom. The van der Waals surface area contributed by atoms with Crippen molar-refractivity contribution in [3.63, 3.8) is 0 Å². The molecular formula is C13H23N3O4P+. The number of nitrogen functional groups attached to an aromatic ring is 1. The van der Waals surface area contributed by atoms with Gasteiger partial charge in [0.25, 0.3) is 0 Å². The normalized spacial score (nSPS) is 13.7. The van der Waals surface area contributed by atoms with Crippen LogP contribution in [0.2, 0.25) is 0 Å². The van der Waals surface area contributed by atoms with Crippen LogP contribution in [0.25, 0.3) is 0 Å². The average Bonchev–Trinajstić information content (AvgIpc) is 2.39. The molecule has 21 heavy (non-hydrogen) atoms. The average molecular weight is 316 g/mol. The van der Waals surface area contributed by atoms with Crippen LogP contribution in [0.1, 0.15) is 33.7 Å². The van der Waals surface area contributed by atoms with Crippen LogP contribution in [-0.4, -0.2) is 34.5 Å². The minimum Gasteiger partial charge on any atom is -0.383 e. The Balaban J connectivity index is 2.85. The zero-order valence-electron chi connectivity index (χ0n) is 12.9. The van der Waals surface area contributed by atoms with E-state index in [1.807, 2.05) is 27.7 Å². The molecule has 0 saturated heterocycles. The van der Waals surface area contributed by atoms with Gasteiger partial charge in [-0.2, -0.15) is 4.98 Å². The van der Waals surface area contributed by atoms with E-state index in [1.54, 1.807) is 6.20 Å². The summed E-state index contributed by atoms with van der Waals surface area (Å²) in [5.41, 5.74) is 4.93. The Kier molecular flexibility index (Phi) is 6.95. The number of ether oxygens (including phenoxy) is 1. The van der Waals surface area contributed by atoms with Crippen LogP contribution in [0.4, 0.5) is 5.82 Å². The van der Waals surface area contributed by atoms with E-state index in [0.717, 1.165) is 0 Å². The predicted molar refractivity (Wildman–Crippen MR) is 81.7 cm³/mol. The molecule has 7 nitrogen and oxygen atoms in total. The van der Waals surface area contributed by atoms with Crippen molar-refractivity contribution in [2.45, 2.75) is 45.5 Å². The summed E-state index contributed by atoms with van der Waals surface area (Å²) in [6, 6.07) is 1.14. The maximum absolute atomic E-state index is 11.9. The monoisotopic (exact) mass is 316 g/mol. The van der Waals surface area contributed by atoms with E-state index >= 15 is 0 Å². The van der Waals surface area contributed by atoms with E-state index in [9.17, 15) is 9.36 Å². The molecule has 1 unspecified atom stereocenters. The fourth-order valence-corrected chi connectivity index (χ4v) is 2.14. The highest BCUT2D eigenvalue weighted by molar-refractivity contribution is 7.39. The second kappa shape index (κ2) is 8.22. The van der Waals surface area contributed by atoms with Crippen molar-refractivity contribution < 1.29 is 13.8 Å². The molecule has 8 heteroatoms. The van der Waals surface area contributed by atoms with Gasteiger partial charge in [-0.05, 0) is 38.3 Å². The maximum atomic E-state index is 11.9. The zero-order valence-corrected chi connectivity index (χ0v) is 13.7. The van der Waals surface area contributed by atoms with Crippen LogP contribution in [0.3, 0.4) is 0 Å². The van der Waals surface area contributed by atoms with E-state index in [0.29, 0.717) is 0 Å². The summed E-state index contributed by atoms with van der Waals surface area (Å²) in [7, 11) is -1.77. The first-order chi connectivity index (χ1) is 9.81. The molecule has 0 aliphatic rings. The van der Waals surface area contributed by atoms with Crippen LogP contribution < -0.4 is 11.4 Å². The molecule has 0 fully saturated rings. The first kappa shape index (κ1) is 17.8. The molecule has 0 spiro atoms. The van der Waals surface area contributed by atoms with Crippen LogP contribution in [0.5, 0.6) is 0 Å². The number of aromatic nitrogens is 2. The Labute approximate surface area is 125 Å². The molecule has 0 amide bonds. The maximum Gasteiger partial charge on any atom is 0.510 e. The third-order valence-corrected chi connectivity index (χ3v) is 3.93. The van der Waals surface area contributed by atoms with Gasteiger partial charge in [0, 0.05) is 6.20 Å². The predicted octanol–water partition coefficient (Wildman–Crippen LogP) is 1.96. The van der Waals surface area contributed by atoms with Crippen molar-refractivity contribution in [1.82, 2.24) is 9.55 Å². The van der Waals surface area contributed by atoms with Gasteiger partial charge >= 0.3 is 13.7 Å². The minimum absolute atomic E-state index is 0.0174. The van der Waals surface area contributed by atoms with E-state index < -0.39 is 19.8 Å². The molecular weight excluding hydrogens is 293 g/mol. The Hall–Kier alpha value is -1.30. The molecule has 0 aliphatic heterocycles. The van der Waals surface area contributed by atoms with Crippen molar-refractivity contribution in [2.24, 2.45) is 0 Å². The lowest BCUT2D eigenvalue weighted by molar-refractivity contribution is 0.0407. The van der Waals surface area contributed by atoms with Gasteiger partial charge in [0.05, 0.1) is 18.8 Å². The molecule has 1 heterocycles. The second-order valence-electron chi connectivity index (χ2n) is 5.25. The third kappa shape index (κ3) is 5.91. The summed E-state index contributed by atoms with van der Waals surface area (Å²) in [6.45, 7) is 7.81. The molecule has 2 N–H and O–H groups in total. The third-order valence-electron chi connectivity index (χ3n) is 2.68. The van der Waals surface area contributed by atoms with E-state index in [2.05, 4.69) is 4.98 Å². The summed E-state index contributed by atoms with van der Waals surface area (Å²) in [5.74, 6) is 0.161. The fourth-order valence-electron chi connectivity index (χ4n) is 1.52. The lowest BCUT2D eigenvalue weighted by atomic mass is 10.3. The van der Waals surface area contributed by atoms with Crippen molar-refractivity contribution in [3.8, 4) is 0 Å². The molecule has 0 saturated carbocycles. The Bertz CT molecular complexity index is 530. The Morgan fingerprint density at radius 3 is 2.52 bits per heavy atom. The largest absolute Gasteiger partial charge is 0.510 e. The number of nitrogens with zero attached hydrogens (tertiary/aromatic N) is 2. The highest BCUT2D eigenvalue weighted by Gasteiger charge is 2.26. The number of rotatable bonds is 8.